The number of nitrogens with zero attached hydrogens (tertiary/aromatic N) is 1. The number of fused-ring (bicyclic) bond motifs is 8. The standard InChI is InChI=1S/C28H46N2O2/c1-16-13-28(31-5)25(30-15-16)17(2)21-14-26(3)10-9-22-20(23(26)24(21)32-28)7-6-18-12-19(29)8-11-27(18,22)4/h16-24H,6-15,29H2,1-5H3/t16-,17+,18-,19-,20+,21+,22+,23+,24+,26-,27-,28-/m1/s1. The lowest BCUT2D eigenvalue weighted by atomic mass is 9.45. The van der Waals surface area contributed by atoms with Crippen LogP contribution in [0.5, 0.6) is 0 Å². The van der Waals surface area contributed by atoms with Gasteiger partial charge in [-0.1, -0.05) is 27.7 Å². The predicted octanol–water partition coefficient (Wildman–Crippen LogP) is 5.44. The SMILES string of the molecule is CO[C@@]12C[C@@H](C)CN=C1[C@@H](C)[C@@H]1C[C@@]3(C)CC[C@H]4[C@H](CC[C@@H]5C[C@H](N)CC[C@]54C)[C@H]3[C@H]1O2. The molecule has 2 N–H and O–H groups in total. The Morgan fingerprint density at radius 3 is 2.62 bits per heavy atom. The normalized spacial score (nSPS) is 59.2. The first-order valence-electron chi connectivity index (χ1n) is 13.7. The summed E-state index contributed by atoms with van der Waals surface area (Å²) in [6, 6.07) is 0.435. The maximum atomic E-state index is 7.19. The van der Waals surface area contributed by atoms with Gasteiger partial charge in [-0.3, -0.25) is 4.99 Å². The second-order valence-electron chi connectivity index (χ2n) is 13.5. The number of hydrogen-bond acceptors (Lipinski definition) is 4. The number of ether oxygens (including phenoxy) is 2. The summed E-state index contributed by atoms with van der Waals surface area (Å²) >= 11 is 0. The summed E-state index contributed by atoms with van der Waals surface area (Å²) in [6.45, 7) is 10.9. The molecule has 4 saturated carbocycles. The molecule has 0 aromatic heterocycles. The molecule has 0 aromatic rings. The van der Waals surface area contributed by atoms with Gasteiger partial charge in [0.2, 0.25) is 5.79 Å². The highest BCUT2D eigenvalue weighted by atomic mass is 16.7. The van der Waals surface area contributed by atoms with Gasteiger partial charge < -0.3 is 15.2 Å². The lowest BCUT2D eigenvalue weighted by Gasteiger charge is -2.61. The summed E-state index contributed by atoms with van der Waals surface area (Å²) in [4.78, 5) is 5.07. The van der Waals surface area contributed by atoms with Crippen molar-refractivity contribution in [2.45, 2.75) is 103 Å². The molecule has 1 saturated heterocycles. The maximum Gasteiger partial charge on any atom is 0.208 e. The second kappa shape index (κ2) is 7.28. The summed E-state index contributed by atoms with van der Waals surface area (Å²) < 4.78 is 13.4. The molecule has 0 spiro atoms. The van der Waals surface area contributed by atoms with Crippen LogP contribution in [0.2, 0.25) is 0 Å². The first-order chi connectivity index (χ1) is 15.2. The van der Waals surface area contributed by atoms with E-state index in [-0.39, 0.29) is 0 Å². The third-order valence-electron chi connectivity index (χ3n) is 11.9. The van der Waals surface area contributed by atoms with Crippen LogP contribution in [0.25, 0.3) is 0 Å². The Hall–Kier alpha value is -0.450. The first kappa shape index (κ1) is 22.0. The molecule has 4 aliphatic carbocycles. The minimum atomic E-state index is -0.574. The summed E-state index contributed by atoms with van der Waals surface area (Å²) in [6.07, 6.45) is 12.0. The minimum absolute atomic E-state index is 0.331. The molecule has 180 valence electrons. The molecule has 0 bridgehead atoms. The number of aliphatic imine (C=N–C) groups is 1. The van der Waals surface area contributed by atoms with E-state index in [1.54, 1.807) is 0 Å². The third kappa shape index (κ3) is 2.87. The van der Waals surface area contributed by atoms with E-state index >= 15 is 0 Å². The van der Waals surface area contributed by atoms with Gasteiger partial charge in [0.15, 0.2) is 0 Å². The van der Waals surface area contributed by atoms with Gasteiger partial charge in [-0.25, -0.2) is 0 Å². The van der Waals surface area contributed by atoms with Crippen LogP contribution < -0.4 is 5.73 Å². The van der Waals surface area contributed by atoms with Crippen molar-refractivity contribution in [1.82, 2.24) is 0 Å². The van der Waals surface area contributed by atoms with Gasteiger partial charge in [-0.05, 0) is 97.7 Å². The highest BCUT2D eigenvalue weighted by Crippen LogP contribution is 2.69. The quantitative estimate of drug-likeness (QED) is 0.588. The zero-order valence-corrected chi connectivity index (χ0v) is 21.1. The third-order valence-corrected chi connectivity index (χ3v) is 11.9. The minimum Gasteiger partial charge on any atom is -0.348 e. The second-order valence-corrected chi connectivity index (χ2v) is 13.5. The van der Waals surface area contributed by atoms with Crippen LogP contribution in [0, 0.1) is 52.3 Å². The van der Waals surface area contributed by atoms with Gasteiger partial charge in [-0.2, -0.15) is 0 Å². The van der Waals surface area contributed by atoms with E-state index in [4.69, 9.17) is 20.2 Å². The van der Waals surface area contributed by atoms with Crippen LogP contribution in [0.3, 0.4) is 0 Å². The Bertz CT molecular complexity index is 798. The number of methoxy groups -OCH3 is 1. The molecule has 2 aliphatic heterocycles. The van der Waals surface area contributed by atoms with Crippen LogP contribution in [0.1, 0.15) is 85.5 Å². The van der Waals surface area contributed by atoms with E-state index in [9.17, 15) is 0 Å². The van der Waals surface area contributed by atoms with E-state index in [2.05, 4.69) is 27.7 Å². The Balaban J connectivity index is 1.36. The van der Waals surface area contributed by atoms with Crippen molar-refractivity contribution in [3.05, 3.63) is 0 Å². The van der Waals surface area contributed by atoms with Crippen molar-refractivity contribution in [1.29, 1.82) is 0 Å². The molecular weight excluding hydrogens is 396 g/mol. The van der Waals surface area contributed by atoms with Crippen LogP contribution >= 0.6 is 0 Å². The van der Waals surface area contributed by atoms with Gasteiger partial charge in [0.1, 0.15) is 0 Å². The summed E-state index contributed by atoms with van der Waals surface area (Å²) in [5, 5.41) is 0. The average Bonchev–Trinajstić information content (AvgIpc) is 3.06. The zero-order chi connectivity index (χ0) is 22.5. The Kier molecular flexibility index (Phi) is 5.01. The molecule has 0 unspecified atom stereocenters. The van der Waals surface area contributed by atoms with Gasteiger partial charge >= 0.3 is 0 Å². The van der Waals surface area contributed by atoms with Crippen LogP contribution in [-0.4, -0.2) is 37.3 Å². The van der Waals surface area contributed by atoms with Gasteiger partial charge in [0.25, 0.3) is 0 Å². The fourth-order valence-corrected chi connectivity index (χ4v) is 10.3. The fourth-order valence-electron chi connectivity index (χ4n) is 10.3. The highest BCUT2D eigenvalue weighted by Gasteiger charge is 2.67. The molecule has 12 atom stereocenters. The fraction of sp³-hybridized carbons (Fsp3) is 0.964. The number of nitrogens with two attached hydrogens (primary N) is 1. The molecule has 5 fully saturated rings. The topological polar surface area (TPSA) is 56.8 Å². The van der Waals surface area contributed by atoms with E-state index < -0.39 is 5.79 Å². The lowest BCUT2D eigenvalue weighted by molar-refractivity contribution is -0.255. The molecule has 0 aromatic carbocycles. The van der Waals surface area contributed by atoms with E-state index in [0.717, 1.165) is 30.7 Å². The maximum absolute atomic E-state index is 7.19. The molecular formula is C28H46N2O2. The van der Waals surface area contributed by atoms with E-state index in [1.807, 2.05) is 7.11 Å². The Labute approximate surface area is 195 Å². The van der Waals surface area contributed by atoms with Crippen molar-refractivity contribution in [3.63, 3.8) is 0 Å². The molecule has 2 heterocycles. The Morgan fingerprint density at radius 1 is 1.03 bits per heavy atom. The van der Waals surface area contributed by atoms with Gasteiger partial charge in [-0.15, -0.1) is 0 Å². The highest BCUT2D eigenvalue weighted by molar-refractivity contribution is 5.94. The van der Waals surface area contributed by atoms with E-state index in [0.29, 0.717) is 46.6 Å². The van der Waals surface area contributed by atoms with Crippen molar-refractivity contribution in [3.8, 4) is 0 Å². The average molecular weight is 443 g/mol. The molecule has 6 aliphatic rings. The molecule has 32 heavy (non-hydrogen) atoms. The molecule has 4 nitrogen and oxygen atoms in total. The molecule has 6 rings (SSSR count). The van der Waals surface area contributed by atoms with Crippen LogP contribution in [-0.2, 0) is 9.47 Å². The monoisotopic (exact) mass is 442 g/mol. The van der Waals surface area contributed by atoms with Crippen LogP contribution in [0.4, 0.5) is 0 Å². The molecule has 4 heteroatoms. The smallest absolute Gasteiger partial charge is 0.208 e. The summed E-state index contributed by atoms with van der Waals surface area (Å²) in [5.74, 6) is 4.19. The van der Waals surface area contributed by atoms with Crippen molar-refractivity contribution in [2.24, 2.45) is 63.0 Å². The largest absolute Gasteiger partial charge is 0.348 e. The number of rotatable bonds is 1. The predicted molar refractivity (Wildman–Crippen MR) is 128 cm³/mol. The Morgan fingerprint density at radius 2 is 1.84 bits per heavy atom. The lowest BCUT2D eigenvalue weighted by Crippen LogP contribution is -2.61. The molecule has 0 amide bonds. The molecule has 0 radical (unpaired) electrons. The first-order valence-corrected chi connectivity index (χ1v) is 13.7. The van der Waals surface area contributed by atoms with Crippen molar-refractivity contribution in [2.75, 3.05) is 13.7 Å². The van der Waals surface area contributed by atoms with Crippen LogP contribution in [0.15, 0.2) is 4.99 Å². The summed E-state index contributed by atoms with van der Waals surface area (Å²) in [5.41, 5.74) is 8.55. The van der Waals surface area contributed by atoms with E-state index in [1.165, 1.54) is 57.1 Å². The summed E-state index contributed by atoms with van der Waals surface area (Å²) in [7, 11) is 1.86. The van der Waals surface area contributed by atoms with Crippen molar-refractivity contribution >= 4 is 5.71 Å². The zero-order valence-electron chi connectivity index (χ0n) is 21.1. The van der Waals surface area contributed by atoms with Gasteiger partial charge in [0, 0.05) is 32.0 Å². The number of hydrogen-bond donors (Lipinski definition) is 1. The van der Waals surface area contributed by atoms with Crippen molar-refractivity contribution < 1.29 is 9.47 Å². The van der Waals surface area contributed by atoms with Gasteiger partial charge in [0.05, 0.1) is 11.8 Å².